The third-order valence-corrected chi connectivity index (χ3v) is 5.18. The van der Waals surface area contributed by atoms with Crippen molar-refractivity contribution in [1.29, 1.82) is 0 Å². The number of anilines is 2. The minimum absolute atomic E-state index is 0.0876. The van der Waals surface area contributed by atoms with E-state index < -0.39 is 0 Å². The fraction of sp³-hybridized carbons (Fsp3) is 0.450. The van der Waals surface area contributed by atoms with Gasteiger partial charge in [-0.2, -0.15) is 4.98 Å². The molecule has 0 amide bonds. The van der Waals surface area contributed by atoms with Gasteiger partial charge in [0.15, 0.2) is 5.76 Å². The van der Waals surface area contributed by atoms with Crippen LogP contribution in [0.2, 0.25) is 5.15 Å². The lowest BCUT2D eigenvalue weighted by atomic mass is 10.1. The van der Waals surface area contributed by atoms with Crippen LogP contribution >= 0.6 is 11.6 Å². The van der Waals surface area contributed by atoms with E-state index >= 15 is 0 Å². The van der Waals surface area contributed by atoms with Crippen molar-refractivity contribution < 1.29 is 9.52 Å². The average Bonchev–Trinajstić information content (AvgIpc) is 3.28. The van der Waals surface area contributed by atoms with E-state index in [1.807, 2.05) is 12.2 Å². The summed E-state index contributed by atoms with van der Waals surface area (Å²) in [4.78, 5) is 12.5. The van der Waals surface area contributed by atoms with Crippen LogP contribution in [0.5, 0.6) is 0 Å². The summed E-state index contributed by atoms with van der Waals surface area (Å²) in [5.74, 6) is 2.02. The van der Waals surface area contributed by atoms with Gasteiger partial charge in [-0.15, -0.1) is 0 Å². The van der Waals surface area contributed by atoms with Gasteiger partial charge in [0.25, 0.3) is 0 Å². The largest absolute Gasteiger partial charge is 0.454 e. The molecule has 0 spiro atoms. The van der Waals surface area contributed by atoms with Gasteiger partial charge in [0.1, 0.15) is 22.4 Å². The molecule has 2 heterocycles. The number of nitrogens with zero attached hydrogens (tertiary/aromatic N) is 3. The number of nitrogens with two attached hydrogens (primary N) is 1. The number of aliphatic hydroxyl groups excluding tert-OH is 1. The van der Waals surface area contributed by atoms with Crippen LogP contribution in [-0.4, -0.2) is 34.4 Å². The number of hydrogen-bond acceptors (Lipinski definition) is 7. The number of nitrogen functional groups attached to an aromatic ring is 1. The monoisotopic (exact) mass is 403 g/mol. The van der Waals surface area contributed by atoms with Crippen LogP contribution in [0.1, 0.15) is 44.8 Å². The van der Waals surface area contributed by atoms with Crippen molar-refractivity contribution in [3.63, 3.8) is 0 Å². The molecule has 0 saturated heterocycles. The highest BCUT2D eigenvalue weighted by atomic mass is 35.5. The van der Waals surface area contributed by atoms with Gasteiger partial charge in [-0.25, -0.2) is 4.98 Å². The molecule has 0 aliphatic heterocycles. The number of hydrogen-bond donors (Lipinski definition) is 3. The Morgan fingerprint density at radius 2 is 2.29 bits per heavy atom. The number of rotatable bonds is 8. The lowest BCUT2D eigenvalue weighted by molar-refractivity contribution is 0.229. The molecule has 1 aliphatic rings. The molecule has 0 bridgehead atoms. The maximum absolute atomic E-state index is 9.39. The number of aliphatic imine (C=N–C) groups is 1. The predicted molar refractivity (Wildman–Crippen MR) is 114 cm³/mol. The molecule has 8 heteroatoms. The number of aromatic nitrogens is 2. The second kappa shape index (κ2) is 9.21. The van der Waals surface area contributed by atoms with Gasteiger partial charge in [-0.3, -0.25) is 4.99 Å². The minimum atomic E-state index is 0.0876. The van der Waals surface area contributed by atoms with Gasteiger partial charge in [0, 0.05) is 18.7 Å². The van der Waals surface area contributed by atoms with Gasteiger partial charge in [-0.1, -0.05) is 31.0 Å². The minimum Gasteiger partial charge on any atom is -0.454 e. The van der Waals surface area contributed by atoms with Crippen molar-refractivity contribution in [2.24, 2.45) is 10.9 Å². The van der Waals surface area contributed by atoms with E-state index in [4.69, 9.17) is 21.8 Å². The van der Waals surface area contributed by atoms with Crippen LogP contribution in [-0.2, 0) is 0 Å². The average molecular weight is 404 g/mol. The summed E-state index contributed by atoms with van der Waals surface area (Å²) < 4.78 is 6.00. The first kappa shape index (κ1) is 20.4. The molecule has 2 aromatic heterocycles. The highest BCUT2D eigenvalue weighted by molar-refractivity contribution is 6.32. The van der Waals surface area contributed by atoms with Crippen molar-refractivity contribution in [3.8, 4) is 11.3 Å². The van der Waals surface area contributed by atoms with E-state index in [9.17, 15) is 5.11 Å². The Kier molecular flexibility index (Phi) is 6.70. The lowest BCUT2D eigenvalue weighted by Crippen LogP contribution is -2.18. The Bertz CT molecular complexity index is 865. The van der Waals surface area contributed by atoms with E-state index in [0.29, 0.717) is 34.5 Å². The van der Waals surface area contributed by atoms with Crippen LogP contribution in [0, 0.1) is 5.92 Å². The molecule has 150 valence electrons. The van der Waals surface area contributed by atoms with Crippen LogP contribution in [0.25, 0.3) is 17.4 Å². The molecular weight excluding hydrogens is 378 g/mol. The van der Waals surface area contributed by atoms with E-state index in [1.165, 1.54) is 0 Å². The number of unbranched alkanes of at least 4 members (excludes halogenated alkanes) is 1. The van der Waals surface area contributed by atoms with Gasteiger partial charge in [0.2, 0.25) is 5.95 Å². The van der Waals surface area contributed by atoms with Gasteiger partial charge < -0.3 is 20.6 Å². The van der Waals surface area contributed by atoms with Crippen LogP contribution in [0.4, 0.5) is 17.5 Å². The van der Waals surface area contributed by atoms with Crippen molar-refractivity contribution in [3.05, 3.63) is 23.1 Å². The number of aliphatic hydroxyl groups is 1. The molecule has 4 N–H and O–H groups in total. The number of allylic oxidation sites excluding steroid dienone is 1. The van der Waals surface area contributed by atoms with Crippen LogP contribution in [0.15, 0.2) is 21.6 Å². The fourth-order valence-corrected chi connectivity index (χ4v) is 3.73. The van der Waals surface area contributed by atoms with Crippen LogP contribution in [0.3, 0.4) is 0 Å². The zero-order valence-corrected chi connectivity index (χ0v) is 16.7. The van der Waals surface area contributed by atoms with Crippen molar-refractivity contribution in [2.45, 2.75) is 45.1 Å². The maximum Gasteiger partial charge on any atom is 0.223 e. The molecule has 0 radical (unpaired) electrons. The smallest absolute Gasteiger partial charge is 0.223 e. The quantitative estimate of drug-likeness (QED) is 0.435. The van der Waals surface area contributed by atoms with Crippen molar-refractivity contribution in [2.75, 3.05) is 17.7 Å². The topological polar surface area (TPSA) is 110 Å². The second-order valence-corrected chi connectivity index (χ2v) is 7.37. The molecule has 1 aliphatic carbocycles. The molecule has 2 unspecified atom stereocenters. The number of nitrogens with one attached hydrogen (secondary N) is 1. The molecule has 7 nitrogen and oxygen atoms in total. The molecule has 1 fully saturated rings. The Morgan fingerprint density at radius 1 is 1.46 bits per heavy atom. The van der Waals surface area contributed by atoms with E-state index in [-0.39, 0.29) is 23.8 Å². The van der Waals surface area contributed by atoms with Gasteiger partial charge in [-0.05, 0) is 44.4 Å². The molecule has 1 saturated carbocycles. The Hall–Kier alpha value is -2.38. The van der Waals surface area contributed by atoms with Crippen LogP contribution < -0.4 is 11.1 Å². The number of halogens is 1. The lowest BCUT2D eigenvalue weighted by Gasteiger charge is -2.16. The predicted octanol–water partition coefficient (Wildman–Crippen LogP) is 4.69. The zero-order chi connectivity index (χ0) is 20.1. The maximum atomic E-state index is 9.39. The van der Waals surface area contributed by atoms with Crippen molar-refractivity contribution >= 4 is 41.8 Å². The molecule has 2 aromatic rings. The highest BCUT2D eigenvalue weighted by Gasteiger charge is 2.27. The third-order valence-electron chi connectivity index (χ3n) is 4.90. The van der Waals surface area contributed by atoms with Gasteiger partial charge in [0.05, 0.1) is 5.56 Å². The standard InChI is InChI=1S/C20H26ClN5O2/c1-3-4-5-6-15-14(23-2)10-16(28-15)17-18(21)25-20(22)26-19(17)24-13-8-7-12(9-13)11-27/h5-6,10,12-13,27H,2-4,7-9,11H2,1H3,(H3,22,24,25,26). The second-order valence-electron chi connectivity index (χ2n) is 7.01. The zero-order valence-electron chi connectivity index (χ0n) is 16.0. The summed E-state index contributed by atoms with van der Waals surface area (Å²) in [6, 6.07) is 1.95. The molecule has 0 aromatic carbocycles. The fourth-order valence-electron chi connectivity index (χ4n) is 3.46. The summed E-state index contributed by atoms with van der Waals surface area (Å²) in [5.41, 5.74) is 6.99. The van der Waals surface area contributed by atoms with E-state index in [2.05, 4.69) is 33.9 Å². The third kappa shape index (κ3) is 4.54. The summed E-state index contributed by atoms with van der Waals surface area (Å²) in [5, 5.41) is 13.0. The summed E-state index contributed by atoms with van der Waals surface area (Å²) >= 11 is 6.41. The molecule has 2 atom stereocenters. The van der Waals surface area contributed by atoms with E-state index in [1.54, 1.807) is 6.07 Å². The first-order chi connectivity index (χ1) is 13.5. The van der Waals surface area contributed by atoms with Gasteiger partial charge >= 0.3 is 0 Å². The summed E-state index contributed by atoms with van der Waals surface area (Å²) in [6.45, 7) is 5.92. The summed E-state index contributed by atoms with van der Waals surface area (Å²) in [6.07, 6.45) is 8.68. The highest BCUT2D eigenvalue weighted by Crippen LogP contribution is 2.40. The number of furan rings is 1. The molecule has 3 rings (SSSR count). The normalized spacial score (nSPS) is 19.4. The Balaban J connectivity index is 1.96. The first-order valence-electron chi connectivity index (χ1n) is 9.53. The van der Waals surface area contributed by atoms with Crippen molar-refractivity contribution in [1.82, 2.24) is 9.97 Å². The molecular formula is C20H26ClN5O2. The SMILES string of the molecule is C=Nc1cc(-c2c(Cl)nc(N)nc2NC2CCC(CO)C2)oc1C=CCCC. The Labute approximate surface area is 169 Å². The Morgan fingerprint density at radius 3 is 2.96 bits per heavy atom. The van der Waals surface area contributed by atoms with E-state index in [0.717, 1.165) is 32.1 Å². The first-order valence-corrected chi connectivity index (χ1v) is 9.91. The summed E-state index contributed by atoms with van der Waals surface area (Å²) in [7, 11) is 0. The molecule has 28 heavy (non-hydrogen) atoms.